The summed E-state index contributed by atoms with van der Waals surface area (Å²) < 4.78 is 0. The van der Waals surface area contributed by atoms with E-state index in [0.29, 0.717) is 5.41 Å². The van der Waals surface area contributed by atoms with E-state index in [1.165, 1.54) is 29.6 Å². The summed E-state index contributed by atoms with van der Waals surface area (Å²) in [6, 6.07) is 0. The van der Waals surface area contributed by atoms with Crippen molar-refractivity contribution in [2.24, 2.45) is 52.3 Å². The molecule has 6 saturated carbocycles. The predicted octanol–water partition coefficient (Wildman–Crippen LogP) is 3.96. The summed E-state index contributed by atoms with van der Waals surface area (Å²) in [6.45, 7) is 7.71. The molecule has 0 nitrogen and oxygen atoms in total. The highest BCUT2D eigenvalue weighted by atomic mass is 14.9. The van der Waals surface area contributed by atoms with Gasteiger partial charge in [0.2, 0.25) is 0 Å². The molecule has 16 heavy (non-hydrogen) atoms. The molecular formula is C16H24. The maximum absolute atomic E-state index is 2.57. The van der Waals surface area contributed by atoms with Crippen LogP contribution in [-0.4, -0.2) is 0 Å². The molecule has 0 heteroatoms. The minimum atomic E-state index is 0.588. The summed E-state index contributed by atoms with van der Waals surface area (Å²) in [4.78, 5) is 0. The average Bonchev–Trinajstić information content (AvgIpc) is 2.96. The third kappa shape index (κ3) is 0.560. The zero-order valence-corrected chi connectivity index (χ0v) is 10.9. The van der Waals surface area contributed by atoms with E-state index in [0.717, 1.165) is 17.3 Å². The first-order chi connectivity index (χ1) is 7.58. The van der Waals surface area contributed by atoms with Gasteiger partial charge in [0.15, 0.2) is 0 Å². The molecule has 8 atom stereocenters. The van der Waals surface area contributed by atoms with Gasteiger partial charge in [-0.3, -0.25) is 0 Å². The lowest BCUT2D eigenvalue weighted by molar-refractivity contribution is -0.0746. The highest BCUT2D eigenvalue weighted by molar-refractivity contribution is 5.32. The van der Waals surface area contributed by atoms with Gasteiger partial charge in [-0.2, -0.15) is 0 Å². The second-order valence-corrected chi connectivity index (χ2v) is 8.56. The minimum absolute atomic E-state index is 0.588. The van der Waals surface area contributed by atoms with Gasteiger partial charge in [0.25, 0.3) is 0 Å². The third-order valence-electron chi connectivity index (χ3n) is 7.98. The van der Waals surface area contributed by atoms with Gasteiger partial charge in [0.05, 0.1) is 0 Å². The van der Waals surface area contributed by atoms with Crippen LogP contribution in [0.4, 0.5) is 0 Å². The molecule has 0 saturated heterocycles. The normalized spacial score (nSPS) is 68.8. The van der Waals surface area contributed by atoms with Crippen LogP contribution in [0.15, 0.2) is 0 Å². The molecule has 6 aliphatic carbocycles. The Bertz CT molecular complexity index is 348. The van der Waals surface area contributed by atoms with E-state index in [1.807, 2.05) is 0 Å². The highest BCUT2D eigenvalue weighted by Gasteiger charge is 2.85. The summed E-state index contributed by atoms with van der Waals surface area (Å²) in [5.41, 5.74) is 1.40. The van der Waals surface area contributed by atoms with Crippen molar-refractivity contribution in [3.63, 3.8) is 0 Å². The van der Waals surface area contributed by atoms with Crippen LogP contribution in [0.2, 0.25) is 0 Å². The summed E-state index contributed by atoms with van der Waals surface area (Å²) in [5.74, 6) is 8.30. The molecule has 6 rings (SSSR count). The maximum atomic E-state index is 2.57. The van der Waals surface area contributed by atoms with Gasteiger partial charge in [-0.05, 0) is 77.9 Å². The second-order valence-electron chi connectivity index (χ2n) is 8.56. The average molecular weight is 216 g/mol. The van der Waals surface area contributed by atoms with E-state index < -0.39 is 0 Å². The minimum Gasteiger partial charge on any atom is -0.0596 e. The summed E-state index contributed by atoms with van der Waals surface area (Å²) in [7, 11) is 0. The molecule has 0 radical (unpaired) electrons. The molecule has 0 aliphatic heterocycles. The molecule has 6 fully saturated rings. The van der Waals surface area contributed by atoms with Gasteiger partial charge in [-0.25, -0.2) is 0 Å². The molecule has 0 aromatic heterocycles. The van der Waals surface area contributed by atoms with Crippen molar-refractivity contribution in [3.8, 4) is 0 Å². The maximum Gasteiger partial charge on any atom is -0.0153 e. The van der Waals surface area contributed by atoms with Crippen LogP contribution >= 0.6 is 0 Å². The van der Waals surface area contributed by atoms with Crippen LogP contribution in [0.1, 0.15) is 46.5 Å². The fourth-order valence-electron chi connectivity index (χ4n) is 8.58. The standard InChI is InChI=1S/C16H24/c1-15(2,3)16-10-6-4-8-12(10)13-9(14(8)16)5-7-11(13)16/h8-14H,4-7H2,1-3H3/t8-,9+,10-,11+,12+,13-,14?,16?. The molecule has 8 bridgehead atoms. The van der Waals surface area contributed by atoms with Gasteiger partial charge in [0.1, 0.15) is 0 Å². The smallest absolute Gasteiger partial charge is 0.0153 e. The molecule has 0 heterocycles. The Hall–Kier alpha value is 0. The molecule has 0 aromatic carbocycles. The topological polar surface area (TPSA) is 0 Å². The lowest BCUT2D eigenvalue weighted by Gasteiger charge is -2.55. The Kier molecular flexibility index (Phi) is 1.21. The Morgan fingerprint density at radius 3 is 1.69 bits per heavy atom. The van der Waals surface area contributed by atoms with Crippen molar-refractivity contribution >= 4 is 0 Å². The number of rotatable bonds is 0. The Morgan fingerprint density at radius 1 is 0.812 bits per heavy atom. The first kappa shape index (κ1) is 9.00. The van der Waals surface area contributed by atoms with E-state index in [-0.39, 0.29) is 0 Å². The highest BCUT2D eigenvalue weighted by Crippen LogP contribution is 2.90. The van der Waals surface area contributed by atoms with E-state index in [2.05, 4.69) is 20.8 Å². The monoisotopic (exact) mass is 216 g/mol. The Labute approximate surface area is 99.2 Å². The van der Waals surface area contributed by atoms with Crippen molar-refractivity contribution in [2.75, 3.05) is 0 Å². The van der Waals surface area contributed by atoms with Gasteiger partial charge < -0.3 is 0 Å². The molecule has 0 aromatic rings. The molecule has 2 unspecified atom stereocenters. The zero-order valence-electron chi connectivity index (χ0n) is 10.9. The van der Waals surface area contributed by atoms with Crippen LogP contribution in [0.3, 0.4) is 0 Å². The van der Waals surface area contributed by atoms with E-state index in [9.17, 15) is 0 Å². The summed E-state index contributed by atoms with van der Waals surface area (Å²) in [6.07, 6.45) is 6.42. The SMILES string of the molecule is CC(C)(C)C12C3[C@H]4CC[C@H]1[C@@H]4[C@@H]1[C@H]2CC[C@@H]31. The van der Waals surface area contributed by atoms with Gasteiger partial charge in [-0.1, -0.05) is 20.8 Å². The van der Waals surface area contributed by atoms with Crippen LogP contribution in [0.5, 0.6) is 0 Å². The van der Waals surface area contributed by atoms with Gasteiger partial charge >= 0.3 is 0 Å². The van der Waals surface area contributed by atoms with E-state index in [1.54, 1.807) is 25.7 Å². The molecule has 6 aliphatic rings. The van der Waals surface area contributed by atoms with Crippen LogP contribution in [0.25, 0.3) is 0 Å². The molecule has 0 N–H and O–H groups in total. The second kappa shape index (κ2) is 2.15. The van der Waals surface area contributed by atoms with Crippen molar-refractivity contribution in [3.05, 3.63) is 0 Å². The van der Waals surface area contributed by atoms with Crippen molar-refractivity contribution < 1.29 is 0 Å². The first-order valence-corrected chi connectivity index (χ1v) is 7.58. The molecule has 0 spiro atoms. The van der Waals surface area contributed by atoms with E-state index >= 15 is 0 Å². The van der Waals surface area contributed by atoms with Gasteiger partial charge in [-0.15, -0.1) is 0 Å². The summed E-state index contributed by atoms with van der Waals surface area (Å²) in [5, 5.41) is 0. The van der Waals surface area contributed by atoms with Gasteiger partial charge in [0, 0.05) is 0 Å². The van der Waals surface area contributed by atoms with Crippen molar-refractivity contribution in [1.82, 2.24) is 0 Å². The summed E-state index contributed by atoms with van der Waals surface area (Å²) >= 11 is 0. The number of hydrogen-bond acceptors (Lipinski definition) is 0. The van der Waals surface area contributed by atoms with Crippen LogP contribution in [0, 0.1) is 52.3 Å². The zero-order chi connectivity index (χ0) is 10.9. The molecular weight excluding hydrogens is 192 g/mol. The fourth-order valence-corrected chi connectivity index (χ4v) is 8.58. The number of hydrogen-bond donors (Lipinski definition) is 0. The van der Waals surface area contributed by atoms with Crippen LogP contribution < -0.4 is 0 Å². The largest absolute Gasteiger partial charge is 0.0596 e. The Morgan fingerprint density at radius 2 is 1.31 bits per heavy atom. The van der Waals surface area contributed by atoms with Crippen molar-refractivity contribution in [1.29, 1.82) is 0 Å². The third-order valence-corrected chi connectivity index (χ3v) is 7.98. The van der Waals surface area contributed by atoms with Crippen molar-refractivity contribution in [2.45, 2.75) is 46.5 Å². The molecule has 88 valence electrons. The fraction of sp³-hybridized carbons (Fsp3) is 1.00. The quantitative estimate of drug-likeness (QED) is 0.575. The lowest BCUT2D eigenvalue weighted by atomic mass is 9.49. The van der Waals surface area contributed by atoms with Crippen LogP contribution in [-0.2, 0) is 0 Å². The predicted molar refractivity (Wildman–Crippen MR) is 64.8 cm³/mol. The van der Waals surface area contributed by atoms with E-state index in [4.69, 9.17) is 0 Å². The molecule has 0 amide bonds. The first-order valence-electron chi connectivity index (χ1n) is 7.58. The Balaban J connectivity index is 1.79. The lowest BCUT2D eigenvalue weighted by Crippen LogP contribution is -2.50.